The van der Waals surface area contributed by atoms with Crippen LogP contribution in [0.5, 0.6) is 0 Å². The van der Waals surface area contributed by atoms with E-state index in [0.717, 1.165) is 0 Å². The quantitative estimate of drug-likeness (QED) is 0.0145. The van der Waals surface area contributed by atoms with Crippen LogP contribution in [0, 0.1) is 5.92 Å². The molecular weight excluding hydrogens is 979 g/mol. The molecule has 9 unspecified atom stereocenters. The van der Waals surface area contributed by atoms with Crippen molar-refractivity contribution >= 4 is 90.4 Å². The van der Waals surface area contributed by atoms with Gasteiger partial charge in [-0.1, -0.05) is 44.2 Å². The number of unbranched alkanes of at least 4 members (excludes halogenated alkanes) is 1. The highest BCUT2D eigenvalue weighted by Gasteiger charge is 2.40. The van der Waals surface area contributed by atoms with Crippen molar-refractivity contribution in [2.24, 2.45) is 33.8 Å². The van der Waals surface area contributed by atoms with Crippen LogP contribution in [-0.2, 0) is 54.4 Å². The Kier molecular flexibility index (Phi) is 27.5. The zero-order chi connectivity index (χ0) is 54.1. The number of aliphatic carboxylic acids is 2. The fourth-order valence-electron chi connectivity index (χ4n) is 7.48. The van der Waals surface area contributed by atoms with E-state index in [1.807, 2.05) is 0 Å². The first kappa shape index (κ1) is 61.9. The van der Waals surface area contributed by atoms with Gasteiger partial charge in [0, 0.05) is 31.0 Å². The number of nitrogens with two attached hydrogens (primary N) is 4. The third kappa shape index (κ3) is 21.7. The standard InChI is InChI=1S/C45H73N13O12S2/c1-24(2)19-30(39(64)57-33(23-72)44(69)70)54-36(61)25(3)51-38(63)28(14-9-17-50-45(48)49)52-41(66)32(21-35(59)60)55-40(65)31(20-26-11-5-4-6-12-26)56-42(67)34-15-10-18-58(34)43(68)29(13-7-8-16-46)53-37(62)27(47)22-71/h4-6,11-12,24-25,27-34,71-72H,7-10,13-23,46-47H2,1-3H3,(H,51,63)(H,52,66)(H,53,62)(H,54,61)(H,55,65)(H,56,67)(H,57,64)(H,59,60)(H,69,70)(H4,48,49,50). The summed E-state index contributed by atoms with van der Waals surface area (Å²) < 4.78 is 0. The third-order valence-electron chi connectivity index (χ3n) is 11.3. The second-order valence-electron chi connectivity index (χ2n) is 17.7. The van der Waals surface area contributed by atoms with Crippen LogP contribution in [-0.4, -0.2) is 166 Å². The maximum absolute atomic E-state index is 14.2. The molecule has 1 saturated heterocycles. The van der Waals surface area contributed by atoms with E-state index in [4.69, 9.17) is 22.9 Å². The summed E-state index contributed by atoms with van der Waals surface area (Å²) in [5.74, 6) is -10.1. The number of nitrogens with zero attached hydrogens (tertiary/aromatic N) is 2. The number of carboxylic acids is 2. The Morgan fingerprint density at radius 2 is 1.26 bits per heavy atom. The first-order valence-electron chi connectivity index (χ1n) is 23.7. The molecule has 1 heterocycles. The Morgan fingerprint density at radius 3 is 1.85 bits per heavy atom. The number of amides is 8. The monoisotopic (exact) mass is 1050 g/mol. The number of carbonyl (C=O) groups excluding carboxylic acids is 8. The van der Waals surface area contributed by atoms with Gasteiger partial charge in [-0.15, -0.1) is 0 Å². The highest BCUT2D eigenvalue weighted by molar-refractivity contribution is 7.80. The number of nitrogens with one attached hydrogen (secondary N) is 7. The van der Waals surface area contributed by atoms with Crippen molar-refractivity contribution in [2.45, 2.75) is 139 Å². The molecule has 8 amide bonds. The van der Waals surface area contributed by atoms with Crippen molar-refractivity contribution in [2.75, 3.05) is 31.1 Å². The third-order valence-corrected chi connectivity index (χ3v) is 12.1. The minimum Gasteiger partial charge on any atom is -0.481 e. The smallest absolute Gasteiger partial charge is 0.327 e. The van der Waals surface area contributed by atoms with Gasteiger partial charge in [0.1, 0.15) is 48.3 Å². The minimum absolute atomic E-state index is 0.0123. The lowest BCUT2D eigenvalue weighted by Crippen LogP contribution is -2.60. The summed E-state index contributed by atoms with van der Waals surface area (Å²) in [5, 5.41) is 36.8. The molecule has 17 N–H and O–H groups in total. The molecule has 0 radical (unpaired) electrons. The maximum Gasteiger partial charge on any atom is 0.327 e. The highest BCUT2D eigenvalue weighted by Crippen LogP contribution is 2.21. The number of benzene rings is 1. The molecule has 1 aromatic rings. The largest absolute Gasteiger partial charge is 0.481 e. The average Bonchev–Trinajstić information content (AvgIpc) is 3.83. The van der Waals surface area contributed by atoms with Crippen LogP contribution in [0.4, 0.5) is 0 Å². The van der Waals surface area contributed by atoms with Gasteiger partial charge in [-0.3, -0.25) is 48.1 Å². The summed E-state index contributed by atoms with van der Waals surface area (Å²) in [4.78, 5) is 138. The van der Waals surface area contributed by atoms with Gasteiger partial charge >= 0.3 is 11.9 Å². The Bertz CT molecular complexity index is 2050. The molecule has 27 heteroatoms. The van der Waals surface area contributed by atoms with E-state index in [1.165, 1.54) is 11.8 Å². The average molecular weight is 1050 g/mol. The lowest BCUT2D eigenvalue weighted by Gasteiger charge is -2.30. The van der Waals surface area contributed by atoms with Crippen LogP contribution in [0.2, 0.25) is 0 Å². The fourth-order valence-corrected chi connectivity index (χ4v) is 7.89. The van der Waals surface area contributed by atoms with Crippen LogP contribution in [0.3, 0.4) is 0 Å². The SMILES string of the molecule is CC(C)CC(NC(=O)C(C)NC(=O)C(CCCN=C(N)N)NC(=O)C(CC(=O)O)NC(=O)C(Cc1ccccc1)NC(=O)C1CCCN1C(=O)C(CCCCN)NC(=O)C(N)CS)C(=O)NC(CS)C(=O)O. The maximum atomic E-state index is 14.2. The lowest BCUT2D eigenvalue weighted by atomic mass is 10.0. The normalized spacial score (nSPS) is 16.5. The molecule has 72 heavy (non-hydrogen) atoms. The molecule has 0 saturated carbocycles. The molecule has 0 aliphatic carbocycles. The number of guanidine groups is 1. The predicted octanol–water partition coefficient (Wildman–Crippen LogP) is -3.39. The number of rotatable bonds is 32. The van der Waals surface area contributed by atoms with Gasteiger partial charge in [0.15, 0.2) is 5.96 Å². The zero-order valence-electron chi connectivity index (χ0n) is 40.8. The first-order chi connectivity index (χ1) is 34.0. The topological polar surface area (TPSA) is 415 Å². The summed E-state index contributed by atoms with van der Waals surface area (Å²) in [6, 6.07) is -3.36. The number of carbonyl (C=O) groups is 10. The Morgan fingerprint density at radius 1 is 0.694 bits per heavy atom. The summed E-state index contributed by atoms with van der Waals surface area (Å²) in [5.41, 5.74) is 23.0. The molecular formula is C45H73N13O12S2. The number of aliphatic imine (C=N–C) groups is 1. The van der Waals surface area contributed by atoms with Gasteiger partial charge < -0.3 is 75.3 Å². The lowest BCUT2D eigenvalue weighted by molar-refractivity contribution is -0.143. The van der Waals surface area contributed by atoms with Crippen LogP contribution in [0.25, 0.3) is 0 Å². The number of likely N-dealkylation sites (tertiary alicyclic amines) is 1. The van der Waals surface area contributed by atoms with Crippen LogP contribution < -0.4 is 60.2 Å². The molecule has 1 fully saturated rings. The Hall–Kier alpha value is -6.19. The summed E-state index contributed by atoms with van der Waals surface area (Å²) in [6.45, 7) is 5.31. The molecule has 2 rings (SSSR count). The van der Waals surface area contributed by atoms with Crippen molar-refractivity contribution in [3.05, 3.63) is 35.9 Å². The predicted molar refractivity (Wildman–Crippen MR) is 272 cm³/mol. The van der Waals surface area contributed by atoms with Gasteiger partial charge in [-0.2, -0.15) is 25.3 Å². The van der Waals surface area contributed by atoms with Crippen molar-refractivity contribution in [1.82, 2.24) is 42.1 Å². The van der Waals surface area contributed by atoms with Crippen LogP contribution in [0.15, 0.2) is 35.3 Å². The number of thiol groups is 2. The molecule has 25 nitrogen and oxygen atoms in total. The van der Waals surface area contributed by atoms with E-state index in [-0.39, 0.29) is 75.0 Å². The fraction of sp³-hybridized carbons (Fsp3) is 0.622. The first-order valence-corrected chi connectivity index (χ1v) is 24.9. The second-order valence-corrected chi connectivity index (χ2v) is 18.5. The number of hydrogen-bond acceptors (Lipinski definition) is 15. The van der Waals surface area contributed by atoms with Gasteiger partial charge in [-0.05, 0) is 76.3 Å². The van der Waals surface area contributed by atoms with Crippen molar-refractivity contribution in [3.8, 4) is 0 Å². The van der Waals surface area contributed by atoms with Crippen molar-refractivity contribution in [1.29, 1.82) is 0 Å². The van der Waals surface area contributed by atoms with Crippen molar-refractivity contribution < 1.29 is 58.2 Å². The second kappa shape index (κ2) is 32.0. The molecule has 9 atom stereocenters. The Labute approximate surface area is 429 Å². The molecule has 0 aromatic heterocycles. The Balaban J connectivity index is 2.40. The molecule has 402 valence electrons. The van der Waals surface area contributed by atoms with E-state index in [2.05, 4.69) is 67.5 Å². The van der Waals surface area contributed by atoms with Gasteiger partial charge in [0.25, 0.3) is 0 Å². The van der Waals surface area contributed by atoms with E-state index >= 15 is 0 Å². The number of hydrogen-bond donors (Lipinski definition) is 15. The van der Waals surface area contributed by atoms with E-state index < -0.39 is 120 Å². The summed E-state index contributed by atoms with van der Waals surface area (Å²) in [6.07, 6.45) is 0.724. The molecule has 0 spiro atoms. The zero-order valence-corrected chi connectivity index (χ0v) is 42.6. The van der Waals surface area contributed by atoms with Crippen LogP contribution >= 0.6 is 25.3 Å². The van der Waals surface area contributed by atoms with E-state index in [1.54, 1.807) is 44.2 Å². The van der Waals surface area contributed by atoms with Crippen molar-refractivity contribution in [3.63, 3.8) is 0 Å². The number of carboxylic acid groups (broad SMARTS) is 2. The van der Waals surface area contributed by atoms with Crippen LogP contribution in [0.1, 0.15) is 84.1 Å². The molecule has 1 aromatic carbocycles. The minimum atomic E-state index is -1.84. The van der Waals surface area contributed by atoms with Gasteiger partial charge in [0.2, 0.25) is 47.3 Å². The molecule has 1 aliphatic heterocycles. The van der Waals surface area contributed by atoms with E-state index in [9.17, 15) is 58.2 Å². The van der Waals surface area contributed by atoms with Gasteiger partial charge in [-0.25, -0.2) is 4.79 Å². The summed E-state index contributed by atoms with van der Waals surface area (Å²) in [7, 11) is 0. The highest BCUT2D eigenvalue weighted by atomic mass is 32.1. The van der Waals surface area contributed by atoms with E-state index in [0.29, 0.717) is 31.4 Å². The summed E-state index contributed by atoms with van der Waals surface area (Å²) >= 11 is 8.03. The molecule has 0 bridgehead atoms. The molecule has 1 aliphatic rings. The van der Waals surface area contributed by atoms with Gasteiger partial charge in [0.05, 0.1) is 12.5 Å².